The van der Waals surface area contributed by atoms with E-state index in [4.69, 9.17) is 0 Å². The molecule has 0 spiro atoms. The Kier molecular flexibility index (Phi) is 7.60. The van der Waals surface area contributed by atoms with E-state index in [1.54, 1.807) is 17.5 Å². The second kappa shape index (κ2) is 11.0. The summed E-state index contributed by atoms with van der Waals surface area (Å²) in [5.41, 5.74) is 3.59. The summed E-state index contributed by atoms with van der Waals surface area (Å²) in [6.07, 6.45) is 0.881. The molecule has 33 heavy (non-hydrogen) atoms. The van der Waals surface area contributed by atoms with E-state index in [2.05, 4.69) is 58.4 Å². The van der Waals surface area contributed by atoms with Gasteiger partial charge in [0.15, 0.2) is 5.69 Å². The standard InChI is InChI=1S/C27H25FN2O2S/c28-23-13-11-20(12-14-23)17-30(18-26-29-25(19-33-26)27(31)32)16-15-24(21-7-3-1-4-8-21)22-9-5-2-6-10-22/h1-14,19,24H,15-18H2,(H,31,32). The molecule has 0 amide bonds. The number of halogens is 1. The molecule has 168 valence electrons. The Labute approximate surface area is 197 Å². The normalized spacial score (nSPS) is 11.2. The fourth-order valence-electron chi connectivity index (χ4n) is 3.94. The molecule has 0 aliphatic carbocycles. The van der Waals surface area contributed by atoms with Crippen molar-refractivity contribution in [1.29, 1.82) is 0 Å². The topological polar surface area (TPSA) is 53.4 Å². The van der Waals surface area contributed by atoms with E-state index in [0.717, 1.165) is 23.5 Å². The lowest BCUT2D eigenvalue weighted by molar-refractivity contribution is 0.0691. The summed E-state index contributed by atoms with van der Waals surface area (Å²) < 4.78 is 13.4. The van der Waals surface area contributed by atoms with Gasteiger partial charge < -0.3 is 5.11 Å². The third-order valence-corrected chi connectivity index (χ3v) is 6.42. The zero-order chi connectivity index (χ0) is 23.0. The SMILES string of the molecule is O=C(O)c1csc(CN(CCC(c2ccccc2)c2ccccc2)Cc2ccc(F)cc2)n1. The average Bonchev–Trinajstić information content (AvgIpc) is 3.31. The van der Waals surface area contributed by atoms with Crippen molar-refractivity contribution in [3.63, 3.8) is 0 Å². The maximum atomic E-state index is 13.4. The number of carboxylic acids is 1. The van der Waals surface area contributed by atoms with Gasteiger partial charge in [-0.2, -0.15) is 0 Å². The van der Waals surface area contributed by atoms with E-state index in [-0.39, 0.29) is 17.4 Å². The minimum Gasteiger partial charge on any atom is -0.476 e. The van der Waals surface area contributed by atoms with Crippen LogP contribution in [0.5, 0.6) is 0 Å². The Morgan fingerprint density at radius 2 is 1.52 bits per heavy atom. The van der Waals surface area contributed by atoms with Gasteiger partial charge >= 0.3 is 5.97 Å². The monoisotopic (exact) mass is 460 g/mol. The van der Waals surface area contributed by atoms with Gasteiger partial charge in [-0.05, 0) is 41.8 Å². The third-order valence-electron chi connectivity index (χ3n) is 5.59. The van der Waals surface area contributed by atoms with Gasteiger partial charge in [0.25, 0.3) is 0 Å². The van der Waals surface area contributed by atoms with Crippen LogP contribution in [0, 0.1) is 5.82 Å². The minimum absolute atomic E-state index is 0.0724. The lowest BCUT2D eigenvalue weighted by Crippen LogP contribution is -2.25. The number of aromatic nitrogens is 1. The molecule has 3 aromatic carbocycles. The summed E-state index contributed by atoms with van der Waals surface area (Å²) in [5.74, 6) is -1.05. The minimum atomic E-state index is -1.02. The van der Waals surface area contributed by atoms with E-state index >= 15 is 0 Å². The number of aromatic carboxylic acids is 1. The van der Waals surface area contributed by atoms with Gasteiger partial charge in [-0.15, -0.1) is 11.3 Å². The van der Waals surface area contributed by atoms with Crippen LogP contribution in [0.25, 0.3) is 0 Å². The van der Waals surface area contributed by atoms with Gasteiger partial charge in [-0.3, -0.25) is 4.90 Å². The molecule has 1 aromatic heterocycles. The number of rotatable bonds is 10. The molecule has 0 bridgehead atoms. The first kappa shape index (κ1) is 22.8. The molecule has 1 heterocycles. The Morgan fingerprint density at radius 1 is 0.909 bits per heavy atom. The Balaban J connectivity index is 1.55. The second-order valence-corrected chi connectivity index (χ2v) is 8.87. The van der Waals surface area contributed by atoms with Crippen molar-refractivity contribution in [3.8, 4) is 0 Å². The van der Waals surface area contributed by atoms with Crippen molar-refractivity contribution in [1.82, 2.24) is 9.88 Å². The van der Waals surface area contributed by atoms with Gasteiger partial charge in [0, 0.05) is 17.8 Å². The van der Waals surface area contributed by atoms with Gasteiger partial charge in [-0.1, -0.05) is 72.8 Å². The van der Waals surface area contributed by atoms with Crippen LogP contribution in [0.1, 0.15) is 44.5 Å². The fourth-order valence-corrected chi connectivity index (χ4v) is 4.75. The van der Waals surface area contributed by atoms with Crippen LogP contribution in [0.3, 0.4) is 0 Å². The number of carboxylic acid groups (broad SMARTS) is 1. The molecule has 0 fully saturated rings. The van der Waals surface area contributed by atoms with Gasteiger partial charge in [0.2, 0.25) is 0 Å². The molecule has 0 aliphatic heterocycles. The molecule has 4 aromatic rings. The molecular formula is C27H25FN2O2S. The zero-order valence-corrected chi connectivity index (χ0v) is 18.9. The number of thiazole rings is 1. The van der Waals surface area contributed by atoms with Crippen LogP contribution < -0.4 is 0 Å². The molecule has 6 heteroatoms. The van der Waals surface area contributed by atoms with Gasteiger partial charge in [0.05, 0.1) is 6.54 Å². The predicted octanol–water partition coefficient (Wildman–Crippen LogP) is 6.20. The van der Waals surface area contributed by atoms with Crippen LogP contribution in [-0.4, -0.2) is 27.5 Å². The van der Waals surface area contributed by atoms with Crippen molar-refractivity contribution in [2.45, 2.75) is 25.4 Å². The number of benzene rings is 3. The fraction of sp³-hybridized carbons (Fsp3) is 0.185. The summed E-state index contributed by atoms with van der Waals surface area (Å²) >= 11 is 1.35. The van der Waals surface area contributed by atoms with Crippen molar-refractivity contribution in [2.24, 2.45) is 0 Å². The number of carbonyl (C=O) groups is 1. The molecule has 0 aliphatic rings. The molecule has 0 radical (unpaired) electrons. The summed E-state index contributed by atoms with van der Waals surface area (Å²) in [6, 6.07) is 27.4. The first-order valence-electron chi connectivity index (χ1n) is 10.8. The third kappa shape index (κ3) is 6.34. The van der Waals surface area contributed by atoms with Crippen molar-refractivity contribution >= 4 is 17.3 Å². The molecule has 1 N–H and O–H groups in total. The molecule has 0 atom stereocenters. The molecule has 0 saturated heterocycles. The lowest BCUT2D eigenvalue weighted by atomic mass is 9.88. The molecular weight excluding hydrogens is 435 g/mol. The van der Waals surface area contributed by atoms with Crippen LogP contribution in [0.2, 0.25) is 0 Å². The first-order valence-corrected chi connectivity index (χ1v) is 11.7. The zero-order valence-electron chi connectivity index (χ0n) is 18.1. The van der Waals surface area contributed by atoms with Crippen LogP contribution in [0.4, 0.5) is 4.39 Å². The quantitative estimate of drug-likeness (QED) is 0.306. The Morgan fingerprint density at radius 3 is 2.06 bits per heavy atom. The van der Waals surface area contributed by atoms with E-state index in [1.807, 2.05) is 12.1 Å². The molecule has 0 saturated carbocycles. The van der Waals surface area contributed by atoms with Crippen LogP contribution >= 0.6 is 11.3 Å². The van der Waals surface area contributed by atoms with Crippen molar-refractivity contribution < 1.29 is 14.3 Å². The second-order valence-electron chi connectivity index (χ2n) is 7.93. The van der Waals surface area contributed by atoms with Gasteiger partial charge in [0.1, 0.15) is 10.8 Å². The summed E-state index contributed by atoms with van der Waals surface area (Å²) in [7, 11) is 0. The molecule has 0 unspecified atom stereocenters. The van der Waals surface area contributed by atoms with Gasteiger partial charge in [-0.25, -0.2) is 14.2 Å². The predicted molar refractivity (Wildman–Crippen MR) is 129 cm³/mol. The summed E-state index contributed by atoms with van der Waals surface area (Å²) in [6.45, 7) is 1.93. The van der Waals surface area contributed by atoms with E-state index in [0.29, 0.717) is 13.1 Å². The average molecular weight is 461 g/mol. The van der Waals surface area contributed by atoms with E-state index < -0.39 is 5.97 Å². The highest BCUT2D eigenvalue weighted by Gasteiger charge is 2.18. The number of hydrogen-bond donors (Lipinski definition) is 1. The maximum absolute atomic E-state index is 13.4. The highest BCUT2D eigenvalue weighted by atomic mass is 32.1. The number of nitrogens with zero attached hydrogens (tertiary/aromatic N) is 2. The highest BCUT2D eigenvalue weighted by molar-refractivity contribution is 7.09. The first-order chi connectivity index (χ1) is 16.1. The maximum Gasteiger partial charge on any atom is 0.355 e. The smallest absolute Gasteiger partial charge is 0.355 e. The van der Waals surface area contributed by atoms with E-state index in [9.17, 15) is 14.3 Å². The van der Waals surface area contributed by atoms with E-state index in [1.165, 1.54) is 34.6 Å². The summed E-state index contributed by atoms with van der Waals surface area (Å²) in [4.78, 5) is 17.8. The van der Waals surface area contributed by atoms with Crippen LogP contribution in [0.15, 0.2) is 90.3 Å². The Bertz CT molecular complexity index is 1120. The molecule has 4 rings (SSSR count). The highest BCUT2D eigenvalue weighted by Crippen LogP contribution is 2.29. The molecule has 4 nitrogen and oxygen atoms in total. The Hall–Kier alpha value is -3.35. The van der Waals surface area contributed by atoms with Crippen molar-refractivity contribution in [3.05, 3.63) is 124 Å². The van der Waals surface area contributed by atoms with Crippen molar-refractivity contribution in [2.75, 3.05) is 6.54 Å². The van der Waals surface area contributed by atoms with Crippen LogP contribution in [-0.2, 0) is 13.1 Å². The number of hydrogen-bond acceptors (Lipinski definition) is 4. The largest absolute Gasteiger partial charge is 0.476 e. The lowest BCUT2D eigenvalue weighted by Gasteiger charge is -2.25. The summed E-state index contributed by atoms with van der Waals surface area (Å²) in [5, 5.41) is 11.5.